The SMILES string of the molecule is CC(C)COc1ccc(C2=NC(C)C(C(=O)[O-])S2)cc1C#N.[Na+]. The van der Waals surface area contributed by atoms with Crippen LogP contribution >= 0.6 is 11.8 Å². The summed E-state index contributed by atoms with van der Waals surface area (Å²) in [4.78, 5) is 15.4. The molecule has 5 nitrogen and oxygen atoms in total. The number of ether oxygens (including phenoxy) is 1. The number of nitriles is 1. The summed E-state index contributed by atoms with van der Waals surface area (Å²) < 4.78 is 5.61. The van der Waals surface area contributed by atoms with Gasteiger partial charge in [-0.25, -0.2) is 0 Å². The van der Waals surface area contributed by atoms with Crippen molar-refractivity contribution in [3.05, 3.63) is 29.3 Å². The van der Waals surface area contributed by atoms with E-state index in [0.29, 0.717) is 28.9 Å². The van der Waals surface area contributed by atoms with Gasteiger partial charge in [-0.15, -0.1) is 0 Å². The minimum atomic E-state index is -1.12. The summed E-state index contributed by atoms with van der Waals surface area (Å²) >= 11 is 1.16. The number of benzene rings is 1. The van der Waals surface area contributed by atoms with Gasteiger partial charge in [0.05, 0.1) is 34.5 Å². The number of carboxylic acids is 1. The van der Waals surface area contributed by atoms with Crippen molar-refractivity contribution in [2.75, 3.05) is 6.61 Å². The minimum Gasteiger partial charge on any atom is -0.549 e. The summed E-state index contributed by atoms with van der Waals surface area (Å²) in [6.07, 6.45) is 0. The van der Waals surface area contributed by atoms with Crippen LogP contribution in [0.4, 0.5) is 0 Å². The molecule has 2 unspecified atom stereocenters. The molecule has 7 heteroatoms. The van der Waals surface area contributed by atoms with E-state index in [9.17, 15) is 15.2 Å². The summed E-state index contributed by atoms with van der Waals surface area (Å²) in [5.41, 5.74) is 1.15. The molecule has 1 aromatic rings. The zero-order valence-corrected chi connectivity index (χ0v) is 16.5. The van der Waals surface area contributed by atoms with Crippen LogP contribution < -0.4 is 39.4 Å². The van der Waals surface area contributed by atoms with Crippen LogP contribution in [0.25, 0.3) is 0 Å². The van der Waals surface area contributed by atoms with Gasteiger partial charge in [0.25, 0.3) is 0 Å². The van der Waals surface area contributed by atoms with Crippen LogP contribution in [-0.2, 0) is 4.79 Å². The van der Waals surface area contributed by atoms with Gasteiger partial charge < -0.3 is 14.6 Å². The zero-order chi connectivity index (χ0) is 16.3. The number of nitrogens with zero attached hydrogens (tertiary/aromatic N) is 2. The Morgan fingerprint density at radius 2 is 2.22 bits per heavy atom. The maximum Gasteiger partial charge on any atom is 1.00 e. The van der Waals surface area contributed by atoms with Crippen LogP contribution in [0.5, 0.6) is 5.75 Å². The van der Waals surface area contributed by atoms with E-state index in [2.05, 4.69) is 11.1 Å². The second-order valence-electron chi connectivity index (χ2n) is 5.56. The molecule has 0 N–H and O–H groups in total. The monoisotopic (exact) mass is 340 g/mol. The van der Waals surface area contributed by atoms with Crippen LogP contribution in [-0.4, -0.2) is 28.9 Å². The Morgan fingerprint density at radius 1 is 1.52 bits per heavy atom. The number of carbonyl (C=O) groups excluding carboxylic acids is 1. The predicted molar refractivity (Wildman–Crippen MR) is 83.9 cm³/mol. The molecule has 0 aliphatic carbocycles. The largest absolute Gasteiger partial charge is 1.00 e. The van der Waals surface area contributed by atoms with Gasteiger partial charge in [0.2, 0.25) is 0 Å². The van der Waals surface area contributed by atoms with Gasteiger partial charge in [-0.3, -0.25) is 4.99 Å². The molecule has 0 bridgehead atoms. The van der Waals surface area contributed by atoms with Gasteiger partial charge in [0.15, 0.2) is 0 Å². The molecule has 0 radical (unpaired) electrons. The third-order valence-electron chi connectivity index (χ3n) is 3.15. The average Bonchev–Trinajstić information content (AvgIpc) is 2.87. The van der Waals surface area contributed by atoms with Crippen molar-refractivity contribution in [2.45, 2.75) is 32.1 Å². The van der Waals surface area contributed by atoms with Crippen molar-refractivity contribution in [1.29, 1.82) is 5.26 Å². The van der Waals surface area contributed by atoms with Crippen molar-refractivity contribution >= 4 is 22.8 Å². The number of hydrogen-bond acceptors (Lipinski definition) is 6. The minimum absolute atomic E-state index is 0. The van der Waals surface area contributed by atoms with Crippen LogP contribution in [0, 0.1) is 17.2 Å². The molecule has 116 valence electrons. The van der Waals surface area contributed by atoms with E-state index < -0.39 is 11.2 Å². The van der Waals surface area contributed by atoms with Crippen LogP contribution in [0.15, 0.2) is 23.2 Å². The molecule has 0 aromatic heterocycles. The molecule has 0 amide bonds. The van der Waals surface area contributed by atoms with E-state index in [1.54, 1.807) is 25.1 Å². The second-order valence-corrected chi connectivity index (χ2v) is 6.69. The molecule has 23 heavy (non-hydrogen) atoms. The fourth-order valence-electron chi connectivity index (χ4n) is 2.02. The number of aliphatic imine (C=N–C) groups is 1. The predicted octanol–water partition coefficient (Wildman–Crippen LogP) is -1.40. The van der Waals surface area contributed by atoms with E-state index in [-0.39, 0.29) is 35.6 Å². The molecule has 1 aliphatic heterocycles. The van der Waals surface area contributed by atoms with Gasteiger partial charge in [0.1, 0.15) is 11.8 Å². The molecule has 1 aliphatic rings. The third-order valence-corrected chi connectivity index (χ3v) is 4.55. The number of rotatable bonds is 5. The molecule has 0 spiro atoms. The van der Waals surface area contributed by atoms with E-state index in [4.69, 9.17) is 4.74 Å². The average molecular weight is 340 g/mol. The summed E-state index contributed by atoms with van der Waals surface area (Å²) in [7, 11) is 0. The maximum absolute atomic E-state index is 11.0. The first-order valence-corrected chi connectivity index (χ1v) is 7.93. The first-order chi connectivity index (χ1) is 10.4. The maximum atomic E-state index is 11.0. The molecule has 0 saturated heterocycles. The molecule has 2 atom stereocenters. The smallest absolute Gasteiger partial charge is 0.549 e. The summed E-state index contributed by atoms with van der Waals surface area (Å²) in [5.74, 6) is -0.215. The molecule has 1 heterocycles. The van der Waals surface area contributed by atoms with Crippen LogP contribution in [0.2, 0.25) is 0 Å². The first-order valence-electron chi connectivity index (χ1n) is 7.05. The first kappa shape index (κ1) is 20.0. The molecule has 1 aromatic carbocycles. The molecule has 0 fully saturated rings. The van der Waals surface area contributed by atoms with Gasteiger partial charge in [-0.2, -0.15) is 5.26 Å². The molecular formula is C16H17N2NaO3S. The number of aliphatic carboxylic acids is 1. The van der Waals surface area contributed by atoms with Crippen molar-refractivity contribution < 1.29 is 44.2 Å². The van der Waals surface area contributed by atoms with Crippen molar-refractivity contribution in [3.8, 4) is 11.8 Å². The Hall–Kier alpha value is -1.000. The van der Waals surface area contributed by atoms with Gasteiger partial charge in [-0.05, 0) is 31.0 Å². The summed E-state index contributed by atoms with van der Waals surface area (Å²) in [6, 6.07) is 6.99. The Labute approximate surface area is 162 Å². The number of carbonyl (C=O) groups is 1. The molecular weight excluding hydrogens is 323 g/mol. The normalized spacial score (nSPS) is 19.7. The van der Waals surface area contributed by atoms with Crippen molar-refractivity contribution in [2.24, 2.45) is 10.9 Å². The zero-order valence-electron chi connectivity index (χ0n) is 13.7. The van der Waals surface area contributed by atoms with Crippen molar-refractivity contribution in [1.82, 2.24) is 0 Å². The summed E-state index contributed by atoms with van der Waals surface area (Å²) in [5, 5.41) is 20.2. The molecule has 0 saturated carbocycles. The topological polar surface area (TPSA) is 85.5 Å². The number of carboxylic acid groups (broad SMARTS) is 1. The van der Waals surface area contributed by atoms with E-state index in [1.807, 2.05) is 13.8 Å². The van der Waals surface area contributed by atoms with E-state index in [1.165, 1.54) is 0 Å². The summed E-state index contributed by atoms with van der Waals surface area (Å²) in [6.45, 7) is 6.34. The quantitative estimate of drug-likeness (QED) is 0.615. The fourth-order valence-corrected chi connectivity index (χ4v) is 3.11. The van der Waals surface area contributed by atoms with E-state index in [0.717, 1.165) is 17.3 Å². The third kappa shape index (κ3) is 4.98. The van der Waals surface area contributed by atoms with Crippen molar-refractivity contribution in [3.63, 3.8) is 0 Å². The van der Waals surface area contributed by atoms with Crippen LogP contribution in [0.3, 0.4) is 0 Å². The Kier molecular flexibility index (Phi) is 7.62. The standard InChI is InChI=1S/C16H18N2O3S.Na/c1-9(2)8-21-13-5-4-11(6-12(13)7-17)15-18-10(3)14(22-15)16(19)20;/h4-6,9-10,14H,8H2,1-3H3,(H,19,20);/q;+1/p-1. The molecule has 2 rings (SSSR count). The Bertz CT molecular complexity index is 655. The number of thioether (sulfide) groups is 1. The van der Waals surface area contributed by atoms with Crippen LogP contribution in [0.1, 0.15) is 31.9 Å². The second kappa shape index (κ2) is 8.74. The number of hydrogen-bond donors (Lipinski definition) is 0. The van der Waals surface area contributed by atoms with Gasteiger partial charge in [-0.1, -0.05) is 25.6 Å². The fraction of sp³-hybridized carbons (Fsp3) is 0.438. The Balaban J connectivity index is 0.00000264. The van der Waals surface area contributed by atoms with E-state index >= 15 is 0 Å². The Morgan fingerprint density at radius 3 is 2.74 bits per heavy atom. The van der Waals surface area contributed by atoms with Gasteiger partial charge in [0, 0.05) is 5.56 Å². The van der Waals surface area contributed by atoms with Gasteiger partial charge >= 0.3 is 29.6 Å².